The van der Waals surface area contributed by atoms with Crippen LogP contribution in [-0.2, 0) is 16.6 Å². The van der Waals surface area contributed by atoms with Gasteiger partial charge in [0.1, 0.15) is 11.6 Å². The first-order valence-corrected chi connectivity index (χ1v) is 8.60. The molecule has 2 aromatic rings. The van der Waals surface area contributed by atoms with Crippen LogP contribution in [0.1, 0.15) is 46.8 Å². The summed E-state index contributed by atoms with van der Waals surface area (Å²) in [6.45, 7) is 3.76. The summed E-state index contributed by atoms with van der Waals surface area (Å²) < 4.78 is 4.68. The number of aromatic nitrogens is 4. The van der Waals surface area contributed by atoms with E-state index >= 15 is 0 Å². The fourth-order valence-corrected chi connectivity index (χ4v) is 4.05. The Morgan fingerprint density at radius 3 is 2.84 bits per heavy atom. The predicted octanol–water partition coefficient (Wildman–Crippen LogP) is 1.85. The molecule has 4 rings (SSSR count). The van der Waals surface area contributed by atoms with E-state index in [1.54, 1.807) is 6.20 Å². The quantitative estimate of drug-likeness (QED) is 0.772. The molecule has 1 unspecified atom stereocenters. The van der Waals surface area contributed by atoms with Gasteiger partial charge in [0.05, 0.1) is 25.2 Å². The zero-order chi connectivity index (χ0) is 17.4. The lowest BCUT2D eigenvalue weighted by atomic mass is 9.77. The number of fused-ring (bicyclic) bond motifs is 2. The van der Waals surface area contributed by atoms with E-state index in [9.17, 15) is 4.79 Å². The number of methoxy groups -OCH3 is 1. The molecule has 1 saturated heterocycles. The number of carbonyl (C=O) groups is 1. The molecular weight excluding hydrogens is 318 g/mol. The molecule has 0 aromatic carbocycles. The number of rotatable bonds is 2. The average molecular weight is 339 g/mol. The molecule has 0 saturated carbocycles. The van der Waals surface area contributed by atoms with E-state index in [-0.39, 0.29) is 11.1 Å². The van der Waals surface area contributed by atoms with Crippen LogP contribution in [-0.4, -0.2) is 46.1 Å². The van der Waals surface area contributed by atoms with Crippen molar-refractivity contribution in [2.75, 3.05) is 25.1 Å². The second kappa shape index (κ2) is 6.06. The number of piperidine rings is 1. The monoisotopic (exact) mass is 339 g/mol. The molecule has 1 aliphatic heterocycles. The fraction of sp³-hybridized carbons (Fsp3) is 0.500. The first-order valence-electron chi connectivity index (χ1n) is 8.60. The molecule has 0 N–H and O–H groups in total. The number of hydrogen-bond acceptors (Lipinski definition) is 7. The highest BCUT2D eigenvalue weighted by molar-refractivity contribution is 5.86. The molecule has 0 amide bonds. The Morgan fingerprint density at radius 2 is 2.08 bits per heavy atom. The maximum atomic E-state index is 11.5. The summed E-state index contributed by atoms with van der Waals surface area (Å²) in [5.74, 6) is 1.16. The zero-order valence-electron chi connectivity index (χ0n) is 14.5. The van der Waals surface area contributed by atoms with Gasteiger partial charge in [-0.25, -0.2) is 24.7 Å². The third-order valence-electron chi connectivity index (χ3n) is 5.29. The van der Waals surface area contributed by atoms with Gasteiger partial charge in [-0.15, -0.1) is 0 Å². The van der Waals surface area contributed by atoms with Crippen molar-refractivity contribution in [2.45, 2.75) is 38.0 Å². The van der Waals surface area contributed by atoms with E-state index < -0.39 is 5.97 Å². The molecule has 7 heteroatoms. The van der Waals surface area contributed by atoms with E-state index in [2.05, 4.69) is 24.6 Å². The van der Waals surface area contributed by atoms with Crippen LogP contribution in [0.4, 0.5) is 5.82 Å². The summed E-state index contributed by atoms with van der Waals surface area (Å²) in [4.78, 5) is 31.5. The standard InChI is InChI=1S/C18H21N5O2/c1-12-19-8-13-4-6-18(16(13)22-12)5-3-7-23(11-18)15-10-20-14(9-21-15)17(24)25-2/h8-10H,3-7,11H2,1-2H3. The highest BCUT2D eigenvalue weighted by Gasteiger charge is 2.44. The molecule has 1 spiro atoms. The van der Waals surface area contributed by atoms with Crippen LogP contribution in [0.25, 0.3) is 0 Å². The van der Waals surface area contributed by atoms with Gasteiger partial charge in [-0.05, 0) is 38.2 Å². The summed E-state index contributed by atoms with van der Waals surface area (Å²) >= 11 is 0. The van der Waals surface area contributed by atoms with Gasteiger partial charge >= 0.3 is 5.97 Å². The number of hydrogen-bond donors (Lipinski definition) is 0. The minimum atomic E-state index is -0.467. The topological polar surface area (TPSA) is 81.1 Å². The molecular formula is C18H21N5O2. The van der Waals surface area contributed by atoms with Crippen LogP contribution in [0.2, 0.25) is 0 Å². The van der Waals surface area contributed by atoms with Gasteiger partial charge in [0.15, 0.2) is 5.69 Å². The lowest BCUT2D eigenvalue weighted by Crippen LogP contribution is -2.46. The Kier molecular flexibility index (Phi) is 3.86. The Labute approximate surface area is 146 Å². The predicted molar refractivity (Wildman–Crippen MR) is 91.6 cm³/mol. The van der Waals surface area contributed by atoms with Gasteiger partial charge < -0.3 is 9.64 Å². The highest BCUT2D eigenvalue weighted by Crippen LogP contribution is 2.44. The van der Waals surface area contributed by atoms with Crippen molar-refractivity contribution in [3.05, 3.63) is 41.4 Å². The smallest absolute Gasteiger partial charge is 0.358 e. The van der Waals surface area contributed by atoms with E-state index in [1.165, 1.54) is 24.6 Å². The van der Waals surface area contributed by atoms with Crippen LogP contribution >= 0.6 is 0 Å². The average Bonchev–Trinajstić information content (AvgIpc) is 2.98. The first-order chi connectivity index (χ1) is 12.1. The van der Waals surface area contributed by atoms with Crippen LogP contribution < -0.4 is 4.90 Å². The summed E-state index contributed by atoms with van der Waals surface area (Å²) in [6.07, 6.45) is 9.49. The molecule has 130 valence electrons. The first kappa shape index (κ1) is 15.9. The number of ether oxygens (including phenoxy) is 1. The molecule has 2 aliphatic rings. The van der Waals surface area contributed by atoms with Crippen molar-refractivity contribution < 1.29 is 9.53 Å². The van der Waals surface area contributed by atoms with Crippen LogP contribution in [0.15, 0.2) is 18.6 Å². The van der Waals surface area contributed by atoms with Crippen LogP contribution in [0, 0.1) is 6.92 Å². The molecule has 7 nitrogen and oxygen atoms in total. The van der Waals surface area contributed by atoms with Crippen molar-refractivity contribution in [3.63, 3.8) is 0 Å². The third kappa shape index (κ3) is 2.73. The number of esters is 1. The summed E-state index contributed by atoms with van der Waals surface area (Å²) in [6, 6.07) is 0. The molecule has 0 bridgehead atoms. The Balaban J connectivity index is 1.60. The zero-order valence-corrected chi connectivity index (χ0v) is 14.5. The lowest BCUT2D eigenvalue weighted by molar-refractivity contribution is 0.0593. The number of anilines is 1. The van der Waals surface area contributed by atoms with Crippen molar-refractivity contribution in [3.8, 4) is 0 Å². The minimum Gasteiger partial charge on any atom is -0.464 e. The minimum absolute atomic E-state index is 0.0734. The van der Waals surface area contributed by atoms with Crippen molar-refractivity contribution in [2.24, 2.45) is 0 Å². The Bertz CT molecular complexity index is 804. The van der Waals surface area contributed by atoms with E-state index in [0.717, 1.165) is 50.4 Å². The van der Waals surface area contributed by atoms with E-state index in [1.807, 2.05) is 13.1 Å². The molecule has 2 aromatic heterocycles. The van der Waals surface area contributed by atoms with Gasteiger partial charge in [-0.3, -0.25) is 0 Å². The summed E-state index contributed by atoms with van der Waals surface area (Å²) in [5.41, 5.74) is 2.79. The van der Waals surface area contributed by atoms with Crippen LogP contribution in [0.3, 0.4) is 0 Å². The summed E-state index contributed by atoms with van der Waals surface area (Å²) in [5, 5.41) is 0. The second-order valence-corrected chi connectivity index (χ2v) is 6.85. The Hall–Kier alpha value is -2.57. The van der Waals surface area contributed by atoms with Crippen LogP contribution in [0.5, 0.6) is 0 Å². The lowest BCUT2D eigenvalue weighted by Gasteiger charge is -2.41. The molecule has 1 atom stereocenters. The molecule has 1 aliphatic carbocycles. The largest absolute Gasteiger partial charge is 0.464 e. The Morgan fingerprint density at radius 1 is 1.20 bits per heavy atom. The number of nitrogens with zero attached hydrogens (tertiary/aromatic N) is 5. The van der Waals surface area contributed by atoms with Crippen molar-refractivity contribution in [1.82, 2.24) is 19.9 Å². The fourth-order valence-electron chi connectivity index (χ4n) is 4.05. The van der Waals surface area contributed by atoms with E-state index in [0.29, 0.717) is 0 Å². The number of carbonyl (C=O) groups excluding carboxylic acids is 1. The molecule has 3 heterocycles. The van der Waals surface area contributed by atoms with Gasteiger partial charge in [0, 0.05) is 24.7 Å². The van der Waals surface area contributed by atoms with Gasteiger partial charge in [-0.1, -0.05) is 0 Å². The molecule has 1 fully saturated rings. The molecule has 25 heavy (non-hydrogen) atoms. The highest BCUT2D eigenvalue weighted by atomic mass is 16.5. The third-order valence-corrected chi connectivity index (χ3v) is 5.29. The summed E-state index contributed by atoms with van der Waals surface area (Å²) in [7, 11) is 1.34. The van der Waals surface area contributed by atoms with Crippen molar-refractivity contribution in [1.29, 1.82) is 0 Å². The van der Waals surface area contributed by atoms with Gasteiger partial charge in [-0.2, -0.15) is 0 Å². The van der Waals surface area contributed by atoms with E-state index in [4.69, 9.17) is 4.98 Å². The maximum absolute atomic E-state index is 11.5. The van der Waals surface area contributed by atoms with Gasteiger partial charge in [0.2, 0.25) is 0 Å². The second-order valence-electron chi connectivity index (χ2n) is 6.85. The number of aryl methyl sites for hydroxylation is 2. The molecule has 0 radical (unpaired) electrons. The SMILES string of the molecule is COC(=O)c1cnc(N2CCCC3(CCc4cnc(C)nc43)C2)cn1. The normalized spacial score (nSPS) is 22.1. The van der Waals surface area contributed by atoms with Gasteiger partial charge in [0.25, 0.3) is 0 Å². The van der Waals surface area contributed by atoms with Crippen molar-refractivity contribution >= 4 is 11.8 Å². The maximum Gasteiger partial charge on any atom is 0.358 e.